The molecule has 1 aromatic heterocycles. The van der Waals surface area contributed by atoms with E-state index in [-0.39, 0.29) is 17.2 Å². The third kappa shape index (κ3) is 3.24. The predicted octanol–water partition coefficient (Wildman–Crippen LogP) is 2.04. The van der Waals surface area contributed by atoms with Crippen molar-refractivity contribution in [1.82, 2.24) is 4.98 Å². The van der Waals surface area contributed by atoms with E-state index in [1.165, 1.54) is 12.3 Å². The molecule has 2 N–H and O–H groups in total. The zero-order valence-corrected chi connectivity index (χ0v) is 13.3. The zero-order valence-electron chi connectivity index (χ0n) is 12.6. The maximum absolute atomic E-state index is 11.2. The van der Waals surface area contributed by atoms with Crippen molar-refractivity contribution >= 4 is 24.8 Å². The molecule has 1 aliphatic heterocycles. The van der Waals surface area contributed by atoms with Gasteiger partial charge in [-0.05, 0) is 44.8 Å². The van der Waals surface area contributed by atoms with Gasteiger partial charge in [-0.3, -0.25) is 4.79 Å². The Morgan fingerprint density at radius 2 is 1.95 bits per heavy atom. The van der Waals surface area contributed by atoms with Gasteiger partial charge < -0.3 is 19.4 Å². The van der Waals surface area contributed by atoms with Crippen molar-refractivity contribution in [2.45, 2.75) is 38.9 Å². The Morgan fingerprint density at radius 1 is 1.38 bits per heavy atom. The Kier molecular flexibility index (Phi) is 4.35. The molecule has 7 heteroatoms. The van der Waals surface area contributed by atoms with Crippen LogP contribution in [0.4, 0.5) is 0 Å². The average Bonchev–Trinajstić information content (AvgIpc) is 2.59. The molecule has 1 aromatic rings. The molecule has 5 nitrogen and oxygen atoms in total. The molecule has 2 rings (SSSR count). The van der Waals surface area contributed by atoms with Crippen molar-refractivity contribution in [3.63, 3.8) is 0 Å². The zero-order chi connectivity index (χ0) is 15.8. The van der Waals surface area contributed by atoms with Gasteiger partial charge in [0.25, 0.3) is 5.56 Å². The summed E-state index contributed by atoms with van der Waals surface area (Å²) < 4.78 is 11.8. The minimum Gasteiger partial charge on any atom is -0.400 e. The summed E-state index contributed by atoms with van der Waals surface area (Å²) >= 11 is 5.79. The van der Waals surface area contributed by atoms with E-state index in [9.17, 15) is 9.90 Å². The predicted molar refractivity (Wildman–Crippen MR) is 83.2 cm³/mol. The first-order valence-corrected chi connectivity index (χ1v) is 7.09. The lowest BCUT2D eigenvalue weighted by molar-refractivity contribution is 0.00578. The van der Waals surface area contributed by atoms with Gasteiger partial charge >= 0.3 is 7.12 Å². The summed E-state index contributed by atoms with van der Waals surface area (Å²) in [6.07, 6.45) is 3.22. The minimum absolute atomic E-state index is 0.0926. The largest absolute Gasteiger partial charge is 0.492 e. The highest BCUT2D eigenvalue weighted by molar-refractivity contribution is 6.55. The van der Waals surface area contributed by atoms with Crippen LogP contribution in [-0.2, 0) is 9.31 Å². The third-order valence-electron chi connectivity index (χ3n) is 3.97. The standard InChI is InChI=1S/C14H19BClNO4/c1-13(2)14(3,4)21-15(20-13)10(8-18)5-9-6-11(16)12(19)17-7-9/h5-7,18H,8H2,1-4H3,(H,17,19). The first kappa shape index (κ1) is 16.3. The molecule has 0 amide bonds. The number of hydrogen-bond donors (Lipinski definition) is 2. The van der Waals surface area contributed by atoms with Gasteiger partial charge in [0.2, 0.25) is 0 Å². The van der Waals surface area contributed by atoms with Gasteiger partial charge in [-0.2, -0.15) is 0 Å². The van der Waals surface area contributed by atoms with Gasteiger partial charge in [-0.15, -0.1) is 0 Å². The number of aliphatic hydroxyl groups is 1. The van der Waals surface area contributed by atoms with E-state index in [0.29, 0.717) is 11.0 Å². The monoisotopic (exact) mass is 311 g/mol. The summed E-state index contributed by atoms with van der Waals surface area (Å²) in [4.78, 5) is 13.8. The first-order chi connectivity index (χ1) is 9.66. The van der Waals surface area contributed by atoms with Gasteiger partial charge in [0.1, 0.15) is 5.02 Å². The Hall–Kier alpha value is -1.08. The fourth-order valence-electron chi connectivity index (χ4n) is 1.95. The fraction of sp³-hybridized carbons (Fsp3) is 0.500. The molecule has 1 aliphatic rings. The fourth-order valence-corrected chi connectivity index (χ4v) is 2.13. The van der Waals surface area contributed by atoms with Gasteiger partial charge in [0, 0.05) is 6.20 Å². The van der Waals surface area contributed by atoms with Gasteiger partial charge in [0.05, 0.1) is 17.8 Å². The van der Waals surface area contributed by atoms with Crippen LogP contribution in [0.1, 0.15) is 33.3 Å². The van der Waals surface area contributed by atoms with E-state index in [1.807, 2.05) is 27.7 Å². The minimum atomic E-state index is -0.634. The number of nitrogens with one attached hydrogen (secondary N) is 1. The van der Waals surface area contributed by atoms with Crippen LogP contribution in [0.2, 0.25) is 5.02 Å². The van der Waals surface area contributed by atoms with Crippen LogP contribution in [0.3, 0.4) is 0 Å². The van der Waals surface area contributed by atoms with Crippen molar-refractivity contribution in [1.29, 1.82) is 0 Å². The number of aromatic amines is 1. The number of hydrogen-bond acceptors (Lipinski definition) is 4. The molecule has 21 heavy (non-hydrogen) atoms. The van der Waals surface area contributed by atoms with Crippen LogP contribution in [0.5, 0.6) is 0 Å². The van der Waals surface area contributed by atoms with E-state index in [0.717, 1.165) is 0 Å². The van der Waals surface area contributed by atoms with Gasteiger partial charge in [-0.1, -0.05) is 17.7 Å². The summed E-state index contributed by atoms with van der Waals surface area (Å²) in [7, 11) is -0.634. The van der Waals surface area contributed by atoms with E-state index in [1.54, 1.807) is 6.08 Å². The molecule has 0 bridgehead atoms. The maximum Gasteiger partial charge on any atom is 0.492 e. The van der Waals surface area contributed by atoms with Crippen molar-refractivity contribution in [2.75, 3.05) is 6.61 Å². The Balaban J connectivity index is 2.30. The third-order valence-corrected chi connectivity index (χ3v) is 4.25. The molecule has 114 valence electrons. The van der Waals surface area contributed by atoms with Crippen molar-refractivity contribution < 1.29 is 14.4 Å². The number of H-pyrrole nitrogens is 1. The molecule has 0 saturated carbocycles. The number of pyridine rings is 1. The molecule has 0 unspecified atom stereocenters. The summed E-state index contributed by atoms with van der Waals surface area (Å²) in [5, 5.41) is 9.67. The van der Waals surface area contributed by atoms with Crippen LogP contribution in [0.25, 0.3) is 6.08 Å². The second-order valence-corrected chi connectivity index (χ2v) is 6.48. The normalized spacial score (nSPS) is 20.9. The number of aliphatic hydroxyl groups excluding tert-OH is 1. The number of rotatable bonds is 3. The average molecular weight is 312 g/mol. The lowest BCUT2D eigenvalue weighted by Gasteiger charge is -2.32. The van der Waals surface area contributed by atoms with Crippen LogP contribution in [-0.4, -0.2) is 35.0 Å². The molecule has 0 aromatic carbocycles. The van der Waals surface area contributed by atoms with Gasteiger partial charge in [0.15, 0.2) is 0 Å². The smallest absolute Gasteiger partial charge is 0.400 e. The SMILES string of the molecule is CC1(C)OB(C(=Cc2c[nH]c(=O)c(Cl)c2)CO)OC1(C)C. The molecule has 0 aliphatic carbocycles. The van der Waals surface area contributed by atoms with E-state index < -0.39 is 18.3 Å². The summed E-state index contributed by atoms with van der Waals surface area (Å²) in [6.45, 7) is 7.56. The molecule has 0 atom stereocenters. The van der Waals surface area contributed by atoms with Crippen molar-refractivity contribution in [3.05, 3.63) is 38.7 Å². The van der Waals surface area contributed by atoms with E-state index in [2.05, 4.69) is 4.98 Å². The molecule has 1 saturated heterocycles. The summed E-state index contributed by atoms with van der Waals surface area (Å²) in [5.41, 5.74) is -0.0755. The molecule has 2 heterocycles. The lowest BCUT2D eigenvalue weighted by atomic mass is 9.77. The lowest BCUT2D eigenvalue weighted by Crippen LogP contribution is -2.41. The Morgan fingerprint density at radius 3 is 2.43 bits per heavy atom. The first-order valence-electron chi connectivity index (χ1n) is 6.71. The summed E-state index contributed by atoms with van der Waals surface area (Å²) in [6, 6.07) is 1.53. The topological polar surface area (TPSA) is 71.6 Å². The number of halogens is 1. The second-order valence-electron chi connectivity index (χ2n) is 6.08. The molecular weight excluding hydrogens is 292 g/mol. The highest BCUT2D eigenvalue weighted by atomic mass is 35.5. The van der Waals surface area contributed by atoms with Crippen LogP contribution < -0.4 is 5.56 Å². The molecule has 1 fully saturated rings. The van der Waals surface area contributed by atoms with Crippen LogP contribution in [0, 0.1) is 0 Å². The highest BCUT2D eigenvalue weighted by Crippen LogP contribution is 2.38. The maximum atomic E-state index is 11.2. The Bertz CT molecular complexity index is 608. The van der Waals surface area contributed by atoms with Gasteiger partial charge in [-0.25, -0.2) is 0 Å². The molecule has 0 radical (unpaired) electrons. The second kappa shape index (κ2) is 5.61. The molecular formula is C14H19BClNO4. The van der Waals surface area contributed by atoms with E-state index in [4.69, 9.17) is 20.9 Å². The highest BCUT2D eigenvalue weighted by Gasteiger charge is 2.52. The van der Waals surface area contributed by atoms with Crippen LogP contribution >= 0.6 is 11.6 Å². The van der Waals surface area contributed by atoms with Crippen LogP contribution in [0.15, 0.2) is 22.5 Å². The summed E-state index contributed by atoms with van der Waals surface area (Å²) in [5.74, 6) is 0. The van der Waals surface area contributed by atoms with Crippen molar-refractivity contribution in [3.8, 4) is 0 Å². The van der Waals surface area contributed by atoms with E-state index >= 15 is 0 Å². The Labute approximate surface area is 129 Å². The quantitative estimate of drug-likeness (QED) is 0.838. The number of aromatic nitrogens is 1. The van der Waals surface area contributed by atoms with Crippen molar-refractivity contribution in [2.24, 2.45) is 0 Å². The molecule has 0 spiro atoms.